The van der Waals surface area contributed by atoms with Gasteiger partial charge in [-0.2, -0.15) is 0 Å². The summed E-state index contributed by atoms with van der Waals surface area (Å²) in [5.74, 6) is -1.14. The second-order valence-electron chi connectivity index (χ2n) is 4.37. The molecule has 0 aromatic carbocycles. The van der Waals surface area contributed by atoms with E-state index < -0.39 is 28.5 Å². The number of hydrogen-bond acceptors (Lipinski definition) is 6. The number of rotatable bonds is 7. The predicted molar refractivity (Wildman–Crippen MR) is 75.8 cm³/mol. The molecular formula is C12H17N5O4. The van der Waals surface area contributed by atoms with E-state index in [9.17, 15) is 19.7 Å². The van der Waals surface area contributed by atoms with Crippen LogP contribution in [0.5, 0.6) is 0 Å². The van der Waals surface area contributed by atoms with E-state index in [4.69, 9.17) is 5.73 Å². The molecule has 1 rings (SSSR count). The maximum absolute atomic E-state index is 12.0. The molecule has 0 aliphatic carbocycles. The third-order valence-corrected chi connectivity index (χ3v) is 2.65. The second-order valence-corrected chi connectivity index (χ2v) is 4.37. The Labute approximate surface area is 121 Å². The molecule has 0 radical (unpaired) electrons. The first-order valence-corrected chi connectivity index (χ1v) is 6.35. The molecule has 2 amide bonds. The fourth-order valence-electron chi connectivity index (χ4n) is 1.47. The zero-order valence-corrected chi connectivity index (χ0v) is 11.8. The van der Waals surface area contributed by atoms with Crippen molar-refractivity contribution in [1.82, 2.24) is 10.3 Å². The molecule has 0 spiro atoms. The molecule has 1 atom stereocenters. The number of amides is 2. The molecule has 1 aromatic heterocycles. The van der Waals surface area contributed by atoms with E-state index in [1.165, 1.54) is 13.0 Å². The average molecular weight is 295 g/mol. The van der Waals surface area contributed by atoms with Crippen LogP contribution in [0.2, 0.25) is 0 Å². The highest BCUT2D eigenvalue weighted by Crippen LogP contribution is 2.20. The minimum Gasteiger partial charge on any atom is -0.370 e. The molecule has 1 unspecified atom stereocenters. The first-order chi connectivity index (χ1) is 9.86. The molecule has 0 saturated carbocycles. The van der Waals surface area contributed by atoms with Gasteiger partial charge >= 0.3 is 0 Å². The van der Waals surface area contributed by atoms with Crippen molar-refractivity contribution in [3.05, 3.63) is 27.9 Å². The summed E-state index contributed by atoms with van der Waals surface area (Å²) in [6.07, 6.45) is 1.83. The molecule has 0 fully saturated rings. The Balaban J connectivity index is 3.07. The minimum absolute atomic E-state index is 0.179. The number of nitro groups is 1. The van der Waals surface area contributed by atoms with E-state index in [2.05, 4.69) is 15.6 Å². The van der Waals surface area contributed by atoms with Crippen LogP contribution in [0.1, 0.15) is 30.6 Å². The van der Waals surface area contributed by atoms with E-state index in [0.717, 1.165) is 12.6 Å². The van der Waals surface area contributed by atoms with Crippen molar-refractivity contribution in [2.24, 2.45) is 5.73 Å². The Morgan fingerprint density at radius 3 is 2.71 bits per heavy atom. The van der Waals surface area contributed by atoms with Crippen LogP contribution < -0.4 is 16.4 Å². The summed E-state index contributed by atoms with van der Waals surface area (Å²) < 4.78 is 0. The molecule has 0 bridgehead atoms. The Kier molecular flexibility index (Phi) is 5.58. The van der Waals surface area contributed by atoms with E-state index in [-0.39, 0.29) is 5.56 Å². The number of anilines is 1. The van der Waals surface area contributed by atoms with Crippen LogP contribution in [0.15, 0.2) is 12.3 Å². The number of hydrogen-bond donors (Lipinski definition) is 3. The zero-order valence-electron chi connectivity index (χ0n) is 11.8. The summed E-state index contributed by atoms with van der Waals surface area (Å²) in [6, 6.07) is 0.342. The Bertz CT molecular complexity index is 561. The molecule has 0 aliphatic rings. The van der Waals surface area contributed by atoms with Crippen LogP contribution >= 0.6 is 0 Å². The first-order valence-electron chi connectivity index (χ1n) is 6.35. The summed E-state index contributed by atoms with van der Waals surface area (Å²) in [5.41, 5.74) is 4.43. The Hall–Kier alpha value is -2.71. The van der Waals surface area contributed by atoms with Crippen LogP contribution in [-0.4, -0.2) is 34.3 Å². The normalized spacial score (nSPS) is 11.5. The number of carbonyl (C=O) groups excluding carboxylic acids is 2. The van der Waals surface area contributed by atoms with Gasteiger partial charge in [-0.25, -0.2) is 4.98 Å². The van der Waals surface area contributed by atoms with Crippen LogP contribution in [0.4, 0.5) is 11.5 Å². The van der Waals surface area contributed by atoms with Gasteiger partial charge in [0.2, 0.25) is 5.91 Å². The smallest absolute Gasteiger partial charge is 0.300 e. The van der Waals surface area contributed by atoms with E-state index in [0.29, 0.717) is 12.4 Å². The number of nitrogens with one attached hydrogen (secondary N) is 2. The van der Waals surface area contributed by atoms with Crippen molar-refractivity contribution in [2.75, 3.05) is 11.9 Å². The monoisotopic (exact) mass is 295 g/mol. The fourth-order valence-corrected chi connectivity index (χ4v) is 1.47. The molecule has 1 aromatic rings. The molecule has 114 valence electrons. The van der Waals surface area contributed by atoms with Crippen molar-refractivity contribution in [3.8, 4) is 0 Å². The zero-order chi connectivity index (χ0) is 16.0. The second kappa shape index (κ2) is 7.17. The molecular weight excluding hydrogens is 278 g/mol. The lowest BCUT2D eigenvalue weighted by Gasteiger charge is -2.11. The van der Waals surface area contributed by atoms with Crippen molar-refractivity contribution in [1.29, 1.82) is 0 Å². The Morgan fingerprint density at radius 2 is 2.19 bits per heavy atom. The molecule has 0 saturated heterocycles. The number of aromatic nitrogens is 1. The number of nitrogens with zero attached hydrogens (tertiary/aromatic N) is 2. The van der Waals surface area contributed by atoms with Gasteiger partial charge in [0.1, 0.15) is 23.6 Å². The van der Waals surface area contributed by atoms with Crippen molar-refractivity contribution < 1.29 is 14.5 Å². The van der Waals surface area contributed by atoms with Crippen molar-refractivity contribution in [2.45, 2.75) is 26.3 Å². The number of nitrogens with two attached hydrogens (primary N) is 1. The van der Waals surface area contributed by atoms with Crippen LogP contribution in [0, 0.1) is 10.1 Å². The molecule has 9 heteroatoms. The maximum atomic E-state index is 12.0. The highest BCUT2D eigenvalue weighted by atomic mass is 16.6. The van der Waals surface area contributed by atoms with Gasteiger partial charge in [0.15, 0.2) is 0 Å². The van der Waals surface area contributed by atoms with Gasteiger partial charge in [-0.3, -0.25) is 19.7 Å². The van der Waals surface area contributed by atoms with Gasteiger partial charge in [-0.1, -0.05) is 6.92 Å². The summed E-state index contributed by atoms with van der Waals surface area (Å²) >= 11 is 0. The summed E-state index contributed by atoms with van der Waals surface area (Å²) in [6.45, 7) is 3.95. The lowest BCUT2D eigenvalue weighted by atomic mass is 10.2. The first kappa shape index (κ1) is 16.3. The number of pyridine rings is 1. The van der Waals surface area contributed by atoms with Crippen LogP contribution in [-0.2, 0) is 4.79 Å². The Morgan fingerprint density at radius 1 is 1.52 bits per heavy atom. The fraction of sp³-hybridized carbons (Fsp3) is 0.417. The van der Waals surface area contributed by atoms with Crippen molar-refractivity contribution >= 4 is 23.3 Å². The topological polar surface area (TPSA) is 140 Å². The van der Waals surface area contributed by atoms with E-state index >= 15 is 0 Å². The third-order valence-electron chi connectivity index (χ3n) is 2.65. The highest BCUT2D eigenvalue weighted by molar-refractivity contribution is 6.00. The SMILES string of the molecule is CCCNc1cc(C(=O)NC(C)C(N)=O)c([N+](=O)[O-])cn1. The van der Waals surface area contributed by atoms with Gasteiger partial charge in [-0.15, -0.1) is 0 Å². The van der Waals surface area contributed by atoms with Crippen molar-refractivity contribution in [3.63, 3.8) is 0 Å². The summed E-state index contributed by atoms with van der Waals surface area (Å²) in [4.78, 5) is 37.1. The molecule has 0 aliphatic heterocycles. The van der Waals surface area contributed by atoms with Gasteiger partial charge < -0.3 is 16.4 Å². The summed E-state index contributed by atoms with van der Waals surface area (Å²) in [7, 11) is 0. The lowest BCUT2D eigenvalue weighted by Crippen LogP contribution is -2.42. The molecule has 4 N–H and O–H groups in total. The molecule has 21 heavy (non-hydrogen) atoms. The average Bonchev–Trinajstić information content (AvgIpc) is 2.44. The van der Waals surface area contributed by atoms with Gasteiger partial charge in [-0.05, 0) is 13.3 Å². The molecule has 9 nitrogen and oxygen atoms in total. The highest BCUT2D eigenvalue weighted by Gasteiger charge is 2.23. The maximum Gasteiger partial charge on any atom is 0.300 e. The van der Waals surface area contributed by atoms with E-state index in [1.807, 2.05) is 6.92 Å². The van der Waals surface area contributed by atoms with Crippen LogP contribution in [0.25, 0.3) is 0 Å². The quantitative estimate of drug-likeness (QED) is 0.491. The number of primary amides is 1. The minimum atomic E-state index is -0.933. The van der Waals surface area contributed by atoms with Crippen LogP contribution in [0.3, 0.4) is 0 Å². The standard InChI is InChI=1S/C12H17N5O4/c1-3-4-14-10-5-8(9(6-15-10)17(20)21)12(19)16-7(2)11(13)18/h5-7H,3-4H2,1-2H3,(H2,13,18)(H,14,15)(H,16,19). The summed E-state index contributed by atoms with van der Waals surface area (Å²) in [5, 5.41) is 16.2. The van der Waals surface area contributed by atoms with Gasteiger partial charge in [0.05, 0.1) is 4.92 Å². The van der Waals surface area contributed by atoms with E-state index in [1.54, 1.807) is 0 Å². The number of carbonyl (C=O) groups is 2. The predicted octanol–water partition coefficient (Wildman–Crippen LogP) is 0.415. The van der Waals surface area contributed by atoms with Gasteiger partial charge in [0.25, 0.3) is 11.6 Å². The van der Waals surface area contributed by atoms with Gasteiger partial charge in [0, 0.05) is 12.6 Å². The molecule has 1 heterocycles. The lowest BCUT2D eigenvalue weighted by molar-refractivity contribution is -0.385. The third kappa shape index (κ3) is 4.41. The largest absolute Gasteiger partial charge is 0.370 e.